The molecule has 1 spiro atoms. The molecule has 2 aromatic rings. The number of nitrogens with one attached hydrogen (secondary N) is 1. The van der Waals surface area contributed by atoms with Crippen molar-refractivity contribution < 1.29 is 9.59 Å². The molecule has 1 aliphatic heterocycles. The van der Waals surface area contributed by atoms with E-state index in [9.17, 15) is 9.59 Å². The Morgan fingerprint density at radius 3 is 2.58 bits per heavy atom. The fourth-order valence-corrected chi connectivity index (χ4v) is 5.85. The maximum absolute atomic E-state index is 13.0. The number of thiophene rings is 2. The molecule has 4 rings (SSSR count). The molecule has 1 atom stereocenters. The highest BCUT2D eigenvalue weighted by Crippen LogP contribution is 2.48. The molecule has 0 bridgehead atoms. The van der Waals surface area contributed by atoms with Gasteiger partial charge in [-0.3, -0.25) is 9.59 Å². The number of rotatable bonds is 4. The second kappa shape index (κ2) is 7.53. The quantitative estimate of drug-likeness (QED) is 0.855. The molecular weight excluding hydrogens is 364 g/mol. The molecule has 0 aromatic carbocycles. The van der Waals surface area contributed by atoms with Crippen LogP contribution in [0, 0.1) is 11.3 Å². The van der Waals surface area contributed by atoms with Crippen molar-refractivity contribution in [2.45, 2.75) is 38.6 Å². The van der Waals surface area contributed by atoms with Crippen molar-refractivity contribution in [2.24, 2.45) is 11.3 Å². The fourth-order valence-electron chi connectivity index (χ4n) is 4.51. The minimum Gasteiger partial charge on any atom is -0.351 e. The molecule has 1 saturated heterocycles. The Bertz CT molecular complexity index is 749. The summed E-state index contributed by atoms with van der Waals surface area (Å²) in [6.07, 6.45) is 5.67. The highest BCUT2D eigenvalue weighted by atomic mass is 32.1. The van der Waals surface area contributed by atoms with E-state index < -0.39 is 0 Å². The second-order valence-electron chi connectivity index (χ2n) is 7.44. The van der Waals surface area contributed by atoms with Crippen LogP contribution in [-0.2, 0) is 11.3 Å². The van der Waals surface area contributed by atoms with Crippen LogP contribution in [0.2, 0.25) is 0 Å². The third-order valence-corrected chi connectivity index (χ3v) is 7.58. The molecule has 3 heterocycles. The van der Waals surface area contributed by atoms with Gasteiger partial charge in [-0.15, -0.1) is 22.7 Å². The summed E-state index contributed by atoms with van der Waals surface area (Å²) < 4.78 is 0. The van der Waals surface area contributed by atoms with E-state index >= 15 is 0 Å². The molecule has 6 heteroatoms. The van der Waals surface area contributed by atoms with Gasteiger partial charge in [0.1, 0.15) is 0 Å². The van der Waals surface area contributed by atoms with Gasteiger partial charge in [-0.2, -0.15) is 0 Å². The van der Waals surface area contributed by atoms with Crippen LogP contribution in [0.5, 0.6) is 0 Å². The van der Waals surface area contributed by atoms with E-state index in [4.69, 9.17) is 0 Å². The number of carbonyl (C=O) groups excluding carboxylic acids is 2. The standard InChI is InChI=1S/C20H24N2O2S2/c23-18(21-12-15-6-4-10-25-15)16-13-22(19(24)17-7-5-11-26-17)14-20(16)8-2-1-3-9-20/h4-7,10-11,16H,1-3,8-9,12-14H2,(H,21,23). The summed E-state index contributed by atoms with van der Waals surface area (Å²) in [6.45, 7) is 1.86. The topological polar surface area (TPSA) is 49.4 Å². The lowest BCUT2D eigenvalue weighted by atomic mass is 9.67. The third kappa shape index (κ3) is 3.45. The first-order valence-corrected chi connectivity index (χ1v) is 11.1. The lowest BCUT2D eigenvalue weighted by Crippen LogP contribution is -2.42. The first-order chi connectivity index (χ1) is 12.7. The zero-order valence-corrected chi connectivity index (χ0v) is 16.4. The molecule has 4 nitrogen and oxygen atoms in total. The van der Waals surface area contributed by atoms with Gasteiger partial charge in [-0.1, -0.05) is 31.4 Å². The molecule has 1 unspecified atom stereocenters. The van der Waals surface area contributed by atoms with Crippen molar-refractivity contribution in [3.05, 3.63) is 44.8 Å². The van der Waals surface area contributed by atoms with E-state index in [2.05, 4.69) is 5.32 Å². The molecule has 1 aliphatic carbocycles. The molecule has 2 aliphatic rings. The van der Waals surface area contributed by atoms with E-state index in [0.29, 0.717) is 13.1 Å². The number of nitrogens with zero attached hydrogens (tertiary/aromatic N) is 1. The minimum atomic E-state index is -0.0910. The lowest BCUT2D eigenvalue weighted by Gasteiger charge is -2.37. The van der Waals surface area contributed by atoms with Gasteiger partial charge in [0.15, 0.2) is 0 Å². The van der Waals surface area contributed by atoms with Crippen LogP contribution in [0.25, 0.3) is 0 Å². The highest BCUT2D eigenvalue weighted by molar-refractivity contribution is 7.12. The molecule has 26 heavy (non-hydrogen) atoms. The van der Waals surface area contributed by atoms with Crippen LogP contribution in [0.3, 0.4) is 0 Å². The summed E-state index contributed by atoms with van der Waals surface area (Å²) in [5.74, 6) is 0.104. The van der Waals surface area contributed by atoms with E-state index in [1.165, 1.54) is 22.6 Å². The van der Waals surface area contributed by atoms with Crippen LogP contribution in [0.15, 0.2) is 35.0 Å². The Balaban J connectivity index is 1.50. The molecule has 2 aromatic heterocycles. The summed E-state index contributed by atoms with van der Waals surface area (Å²) in [7, 11) is 0. The molecule has 0 radical (unpaired) electrons. The minimum absolute atomic E-state index is 0.0370. The van der Waals surface area contributed by atoms with E-state index in [1.54, 1.807) is 11.3 Å². The van der Waals surface area contributed by atoms with Crippen molar-refractivity contribution >= 4 is 34.5 Å². The van der Waals surface area contributed by atoms with E-state index in [-0.39, 0.29) is 23.1 Å². The van der Waals surface area contributed by atoms with Gasteiger partial charge in [0.05, 0.1) is 17.3 Å². The molecule has 2 amide bonds. The van der Waals surface area contributed by atoms with Crippen molar-refractivity contribution in [1.82, 2.24) is 10.2 Å². The highest BCUT2D eigenvalue weighted by Gasteiger charge is 2.51. The first-order valence-electron chi connectivity index (χ1n) is 9.31. The monoisotopic (exact) mass is 388 g/mol. The number of hydrogen-bond acceptors (Lipinski definition) is 4. The van der Waals surface area contributed by atoms with Crippen molar-refractivity contribution in [1.29, 1.82) is 0 Å². The summed E-state index contributed by atoms with van der Waals surface area (Å²) in [6, 6.07) is 7.84. The van der Waals surface area contributed by atoms with Gasteiger partial charge in [-0.05, 0) is 35.7 Å². The summed E-state index contributed by atoms with van der Waals surface area (Å²) in [4.78, 5) is 29.7. The average molecular weight is 389 g/mol. The van der Waals surface area contributed by atoms with Crippen LogP contribution in [0.1, 0.15) is 46.7 Å². The second-order valence-corrected chi connectivity index (χ2v) is 9.42. The lowest BCUT2D eigenvalue weighted by molar-refractivity contribution is -0.128. The molecule has 2 fully saturated rings. The Kier molecular flexibility index (Phi) is 5.14. The molecule has 138 valence electrons. The molecule has 1 N–H and O–H groups in total. The van der Waals surface area contributed by atoms with Gasteiger partial charge >= 0.3 is 0 Å². The SMILES string of the molecule is O=C(NCc1cccs1)C1CN(C(=O)c2cccs2)CC12CCCCC2. The van der Waals surface area contributed by atoms with Crippen molar-refractivity contribution in [3.63, 3.8) is 0 Å². The van der Waals surface area contributed by atoms with Gasteiger partial charge in [0.2, 0.25) is 5.91 Å². The number of carbonyl (C=O) groups is 2. The van der Waals surface area contributed by atoms with E-state index in [1.807, 2.05) is 39.9 Å². The Morgan fingerprint density at radius 1 is 1.12 bits per heavy atom. The van der Waals surface area contributed by atoms with Crippen LogP contribution in [-0.4, -0.2) is 29.8 Å². The Hall–Kier alpha value is -1.66. The van der Waals surface area contributed by atoms with Crippen molar-refractivity contribution in [2.75, 3.05) is 13.1 Å². The van der Waals surface area contributed by atoms with E-state index in [0.717, 1.165) is 37.1 Å². The summed E-state index contributed by atoms with van der Waals surface area (Å²) in [5, 5.41) is 7.09. The molecule has 1 saturated carbocycles. The van der Waals surface area contributed by atoms with Crippen LogP contribution in [0.4, 0.5) is 0 Å². The van der Waals surface area contributed by atoms with Gasteiger partial charge < -0.3 is 10.2 Å². The summed E-state index contributed by atoms with van der Waals surface area (Å²) in [5.41, 5.74) is -0.0370. The number of hydrogen-bond donors (Lipinski definition) is 1. The normalized spacial score (nSPS) is 21.8. The number of likely N-dealkylation sites (tertiary alicyclic amines) is 1. The Morgan fingerprint density at radius 2 is 1.88 bits per heavy atom. The average Bonchev–Trinajstić information content (AvgIpc) is 3.41. The summed E-state index contributed by atoms with van der Waals surface area (Å²) >= 11 is 3.14. The zero-order valence-electron chi connectivity index (χ0n) is 14.8. The largest absolute Gasteiger partial charge is 0.351 e. The fraction of sp³-hybridized carbons (Fsp3) is 0.500. The predicted molar refractivity (Wildman–Crippen MR) is 105 cm³/mol. The van der Waals surface area contributed by atoms with Gasteiger partial charge in [0, 0.05) is 23.4 Å². The predicted octanol–water partition coefficient (Wildman–Crippen LogP) is 4.15. The van der Waals surface area contributed by atoms with Crippen LogP contribution >= 0.6 is 22.7 Å². The van der Waals surface area contributed by atoms with Gasteiger partial charge in [0.25, 0.3) is 5.91 Å². The Labute approximate surface area is 162 Å². The maximum atomic E-state index is 13.0. The van der Waals surface area contributed by atoms with Crippen LogP contribution < -0.4 is 5.32 Å². The maximum Gasteiger partial charge on any atom is 0.263 e. The molecular formula is C20H24N2O2S2. The first kappa shape index (κ1) is 17.7. The van der Waals surface area contributed by atoms with Crippen molar-refractivity contribution in [3.8, 4) is 0 Å². The third-order valence-electron chi connectivity index (χ3n) is 5.85. The smallest absolute Gasteiger partial charge is 0.263 e. The van der Waals surface area contributed by atoms with Gasteiger partial charge in [-0.25, -0.2) is 0 Å². The number of amides is 2. The zero-order chi connectivity index (χ0) is 18.0.